The van der Waals surface area contributed by atoms with Gasteiger partial charge in [-0.05, 0) is 36.2 Å². The van der Waals surface area contributed by atoms with Gasteiger partial charge in [-0.2, -0.15) is 5.26 Å². The normalized spacial score (nSPS) is 12.7. The topological polar surface area (TPSA) is 108 Å². The van der Waals surface area contributed by atoms with Crippen molar-refractivity contribution < 1.29 is 18.7 Å². The highest BCUT2D eigenvalue weighted by Crippen LogP contribution is 2.37. The Morgan fingerprint density at radius 3 is 2.97 bits per heavy atom. The van der Waals surface area contributed by atoms with Crippen LogP contribution >= 0.6 is 11.3 Å². The Morgan fingerprint density at radius 2 is 2.23 bits per heavy atom. The van der Waals surface area contributed by atoms with E-state index in [0.29, 0.717) is 42.2 Å². The van der Waals surface area contributed by atoms with Crippen molar-refractivity contribution in [2.75, 3.05) is 11.9 Å². The van der Waals surface area contributed by atoms with Crippen LogP contribution in [0.2, 0.25) is 0 Å². The molecule has 0 aliphatic carbocycles. The summed E-state index contributed by atoms with van der Waals surface area (Å²) < 4.78 is 10.6. The molecule has 0 radical (unpaired) electrons. The van der Waals surface area contributed by atoms with Crippen molar-refractivity contribution in [3.05, 3.63) is 70.3 Å². The minimum absolute atomic E-state index is 0.105. The van der Waals surface area contributed by atoms with Crippen molar-refractivity contribution in [1.82, 2.24) is 9.88 Å². The van der Waals surface area contributed by atoms with Crippen LogP contribution in [-0.4, -0.2) is 28.4 Å². The predicted octanol–water partition coefficient (Wildman–Crippen LogP) is 3.87. The molecular weight excluding hydrogens is 416 g/mol. The summed E-state index contributed by atoms with van der Waals surface area (Å²) >= 11 is 1.33. The number of carbonyl (C=O) groups excluding carboxylic acids is 2. The summed E-state index contributed by atoms with van der Waals surface area (Å²) in [6.45, 7) is 0.900. The smallest absolute Gasteiger partial charge is 0.410 e. The maximum Gasteiger partial charge on any atom is 0.410 e. The van der Waals surface area contributed by atoms with E-state index < -0.39 is 6.09 Å². The van der Waals surface area contributed by atoms with Crippen LogP contribution in [0, 0.1) is 11.3 Å². The van der Waals surface area contributed by atoms with Gasteiger partial charge in [0, 0.05) is 30.5 Å². The minimum atomic E-state index is -0.424. The van der Waals surface area contributed by atoms with E-state index in [1.807, 2.05) is 12.1 Å². The van der Waals surface area contributed by atoms with E-state index in [-0.39, 0.29) is 18.9 Å². The number of furan rings is 1. The Labute approximate surface area is 183 Å². The van der Waals surface area contributed by atoms with Gasteiger partial charge < -0.3 is 19.4 Å². The Kier molecular flexibility index (Phi) is 6.29. The van der Waals surface area contributed by atoms with Crippen LogP contribution < -0.4 is 5.32 Å². The summed E-state index contributed by atoms with van der Waals surface area (Å²) in [5, 5.41) is 13.0. The van der Waals surface area contributed by atoms with Crippen LogP contribution in [0.4, 0.5) is 9.80 Å². The van der Waals surface area contributed by atoms with E-state index in [9.17, 15) is 14.9 Å². The summed E-state index contributed by atoms with van der Waals surface area (Å²) in [7, 11) is 0. The highest BCUT2D eigenvalue weighted by atomic mass is 32.1. The fourth-order valence-electron chi connectivity index (χ4n) is 3.36. The molecule has 31 heavy (non-hydrogen) atoms. The van der Waals surface area contributed by atoms with E-state index in [4.69, 9.17) is 9.15 Å². The first kappa shape index (κ1) is 20.6. The molecule has 4 heterocycles. The summed E-state index contributed by atoms with van der Waals surface area (Å²) in [6, 6.07) is 11.2. The number of thiophene rings is 1. The number of nitriles is 1. The molecule has 8 nitrogen and oxygen atoms in total. The lowest BCUT2D eigenvalue weighted by Gasteiger charge is -2.26. The lowest BCUT2D eigenvalue weighted by atomic mass is 10.0. The second kappa shape index (κ2) is 9.45. The fourth-order valence-corrected chi connectivity index (χ4v) is 4.59. The summed E-state index contributed by atoms with van der Waals surface area (Å²) in [4.78, 5) is 31.4. The van der Waals surface area contributed by atoms with Gasteiger partial charge in [-0.25, -0.2) is 4.79 Å². The van der Waals surface area contributed by atoms with Gasteiger partial charge in [-0.1, -0.05) is 6.07 Å². The molecule has 0 atom stereocenters. The van der Waals surface area contributed by atoms with Crippen molar-refractivity contribution >= 4 is 28.3 Å². The monoisotopic (exact) mass is 436 g/mol. The molecule has 9 heteroatoms. The van der Waals surface area contributed by atoms with Crippen molar-refractivity contribution in [1.29, 1.82) is 5.26 Å². The SMILES string of the molecule is N#Cc1c(NC(=O)CCc2ccco2)sc2c1CCN(C(=O)OCc1ccccn1)C2. The highest BCUT2D eigenvalue weighted by Gasteiger charge is 2.28. The molecule has 1 aliphatic rings. The molecular formula is C22H20N4O4S. The van der Waals surface area contributed by atoms with Gasteiger partial charge in [0.2, 0.25) is 5.91 Å². The first-order valence-electron chi connectivity index (χ1n) is 9.82. The molecule has 1 N–H and O–H groups in total. The average Bonchev–Trinajstić information content (AvgIpc) is 3.43. The maximum atomic E-state index is 12.5. The number of rotatable bonds is 6. The summed E-state index contributed by atoms with van der Waals surface area (Å²) in [6.07, 6.45) is 4.08. The third kappa shape index (κ3) is 4.92. The van der Waals surface area contributed by atoms with E-state index in [1.54, 1.807) is 35.6 Å². The molecule has 0 saturated heterocycles. The lowest BCUT2D eigenvalue weighted by Crippen LogP contribution is -2.35. The molecule has 0 unspecified atom stereocenters. The fraction of sp³-hybridized carbons (Fsp3) is 0.273. The van der Waals surface area contributed by atoms with E-state index in [1.165, 1.54) is 11.3 Å². The van der Waals surface area contributed by atoms with Gasteiger partial charge in [0.05, 0.1) is 24.1 Å². The van der Waals surface area contributed by atoms with Gasteiger partial charge in [0.1, 0.15) is 23.4 Å². The molecule has 3 aromatic rings. The second-order valence-electron chi connectivity index (χ2n) is 6.99. The Balaban J connectivity index is 1.37. The number of aromatic nitrogens is 1. The van der Waals surface area contributed by atoms with Crippen LogP contribution in [0.1, 0.15) is 33.9 Å². The third-order valence-corrected chi connectivity index (χ3v) is 6.06. The minimum Gasteiger partial charge on any atom is -0.469 e. The highest BCUT2D eigenvalue weighted by molar-refractivity contribution is 7.16. The van der Waals surface area contributed by atoms with Crippen LogP contribution in [-0.2, 0) is 35.5 Å². The zero-order chi connectivity index (χ0) is 21.6. The predicted molar refractivity (Wildman–Crippen MR) is 113 cm³/mol. The van der Waals surface area contributed by atoms with E-state index >= 15 is 0 Å². The lowest BCUT2D eigenvalue weighted by molar-refractivity contribution is -0.116. The van der Waals surface area contributed by atoms with Gasteiger partial charge in [-0.15, -0.1) is 11.3 Å². The molecule has 2 amide bonds. The zero-order valence-electron chi connectivity index (χ0n) is 16.7. The number of ether oxygens (including phenoxy) is 1. The first-order chi connectivity index (χ1) is 15.1. The molecule has 1 aliphatic heterocycles. The quantitative estimate of drug-likeness (QED) is 0.628. The van der Waals surface area contributed by atoms with Crippen molar-refractivity contribution in [3.8, 4) is 6.07 Å². The van der Waals surface area contributed by atoms with E-state index in [2.05, 4.69) is 16.4 Å². The largest absolute Gasteiger partial charge is 0.469 e. The van der Waals surface area contributed by atoms with Crippen LogP contribution in [0.5, 0.6) is 0 Å². The molecule has 0 aromatic carbocycles. The number of nitrogens with one attached hydrogen (secondary N) is 1. The van der Waals surface area contributed by atoms with Crippen molar-refractivity contribution in [2.45, 2.75) is 32.4 Å². The third-order valence-electron chi connectivity index (χ3n) is 4.93. The number of hydrogen-bond donors (Lipinski definition) is 1. The van der Waals surface area contributed by atoms with Crippen molar-refractivity contribution in [3.63, 3.8) is 0 Å². The zero-order valence-corrected chi connectivity index (χ0v) is 17.5. The van der Waals surface area contributed by atoms with Crippen LogP contribution in [0.15, 0.2) is 47.2 Å². The Bertz CT molecular complexity index is 1100. The number of fused-ring (bicyclic) bond motifs is 1. The maximum absolute atomic E-state index is 12.5. The molecule has 0 spiro atoms. The number of pyridine rings is 1. The molecule has 3 aromatic heterocycles. The van der Waals surface area contributed by atoms with Gasteiger partial charge in [-0.3, -0.25) is 9.78 Å². The summed E-state index contributed by atoms with van der Waals surface area (Å²) in [5.74, 6) is 0.555. The summed E-state index contributed by atoms with van der Waals surface area (Å²) in [5.41, 5.74) is 2.05. The average molecular weight is 436 g/mol. The molecule has 158 valence electrons. The van der Waals surface area contributed by atoms with E-state index in [0.717, 1.165) is 16.2 Å². The number of aryl methyl sites for hydroxylation is 1. The number of nitrogens with zero attached hydrogens (tertiary/aromatic N) is 3. The van der Waals surface area contributed by atoms with Crippen molar-refractivity contribution in [2.24, 2.45) is 0 Å². The molecule has 0 bridgehead atoms. The number of anilines is 1. The molecule has 0 fully saturated rings. The second-order valence-corrected chi connectivity index (χ2v) is 8.10. The number of carbonyl (C=O) groups is 2. The number of amides is 2. The van der Waals surface area contributed by atoms with Crippen LogP contribution in [0.25, 0.3) is 0 Å². The number of hydrogen-bond acceptors (Lipinski definition) is 7. The van der Waals surface area contributed by atoms with Gasteiger partial charge in [0.25, 0.3) is 0 Å². The standard InChI is InChI=1S/C22H20N4O4S/c23-12-18-17-8-10-26(22(28)30-14-15-4-1-2-9-24-15)13-19(17)31-21(18)25-20(27)7-6-16-5-3-11-29-16/h1-5,9,11H,6-8,10,13-14H2,(H,25,27). The molecule has 4 rings (SSSR count). The molecule has 0 saturated carbocycles. The Hall–Kier alpha value is -3.64. The van der Waals surface area contributed by atoms with Crippen LogP contribution in [0.3, 0.4) is 0 Å². The Morgan fingerprint density at radius 1 is 1.32 bits per heavy atom. The van der Waals surface area contributed by atoms with Gasteiger partial charge >= 0.3 is 6.09 Å². The first-order valence-corrected chi connectivity index (χ1v) is 10.6. The van der Waals surface area contributed by atoms with Gasteiger partial charge in [0.15, 0.2) is 0 Å².